The number of carboxylic acid groups (broad SMARTS) is 1. The third-order valence-electron chi connectivity index (χ3n) is 3.30. The Morgan fingerprint density at radius 2 is 1.76 bits per heavy atom. The molecule has 0 aromatic heterocycles. The second-order valence-corrected chi connectivity index (χ2v) is 5.38. The van der Waals surface area contributed by atoms with Crippen molar-refractivity contribution in [1.29, 1.82) is 0 Å². The van der Waals surface area contributed by atoms with Gasteiger partial charge in [0, 0.05) is 26.2 Å². The molecule has 17 heavy (non-hydrogen) atoms. The number of aliphatic hydroxyl groups excluding tert-OH is 1. The van der Waals surface area contributed by atoms with Crippen molar-refractivity contribution in [3.63, 3.8) is 0 Å². The van der Waals surface area contributed by atoms with Crippen LogP contribution in [-0.2, 0) is 4.79 Å². The second kappa shape index (κ2) is 6.33. The van der Waals surface area contributed by atoms with Crippen molar-refractivity contribution in [2.24, 2.45) is 5.41 Å². The third-order valence-corrected chi connectivity index (χ3v) is 3.30. The number of aliphatic hydroxyl groups is 1. The lowest BCUT2D eigenvalue weighted by Crippen LogP contribution is -2.41. The van der Waals surface area contributed by atoms with Crippen LogP contribution in [0.25, 0.3) is 0 Å². The molecule has 0 atom stereocenters. The Morgan fingerprint density at radius 1 is 1.18 bits per heavy atom. The van der Waals surface area contributed by atoms with E-state index in [9.17, 15) is 4.79 Å². The van der Waals surface area contributed by atoms with Crippen LogP contribution in [0.4, 0.5) is 0 Å². The van der Waals surface area contributed by atoms with Gasteiger partial charge in [-0.2, -0.15) is 0 Å². The highest BCUT2D eigenvalue weighted by Gasteiger charge is 2.30. The quantitative estimate of drug-likeness (QED) is 0.718. The van der Waals surface area contributed by atoms with Crippen molar-refractivity contribution >= 4 is 5.97 Å². The number of hydrogen-bond donors (Lipinski definition) is 2. The Balaban J connectivity index is 2.44. The fourth-order valence-corrected chi connectivity index (χ4v) is 2.17. The molecule has 1 fully saturated rings. The summed E-state index contributed by atoms with van der Waals surface area (Å²) in [5.74, 6) is -0.742. The average molecular weight is 244 g/mol. The van der Waals surface area contributed by atoms with E-state index in [1.165, 1.54) is 0 Å². The van der Waals surface area contributed by atoms with Crippen LogP contribution in [0.2, 0.25) is 0 Å². The van der Waals surface area contributed by atoms with Crippen LogP contribution in [-0.4, -0.2) is 71.9 Å². The molecule has 0 bridgehead atoms. The van der Waals surface area contributed by atoms with E-state index in [-0.39, 0.29) is 6.61 Å². The van der Waals surface area contributed by atoms with Crippen LogP contribution in [0.5, 0.6) is 0 Å². The Hall–Kier alpha value is -0.650. The highest BCUT2D eigenvalue weighted by Crippen LogP contribution is 2.18. The molecule has 0 aromatic carbocycles. The monoisotopic (exact) mass is 244 g/mol. The van der Waals surface area contributed by atoms with E-state index in [1.54, 1.807) is 13.8 Å². The Kier molecular flexibility index (Phi) is 5.36. The SMILES string of the molecule is CC(C)(CN1CCCN(CCO)CC1)C(=O)O. The van der Waals surface area contributed by atoms with Crippen molar-refractivity contribution in [3.8, 4) is 0 Å². The normalized spacial score (nSPS) is 20.2. The zero-order valence-electron chi connectivity index (χ0n) is 10.9. The molecule has 1 aliphatic rings. The molecular weight excluding hydrogens is 220 g/mol. The summed E-state index contributed by atoms with van der Waals surface area (Å²) in [6.07, 6.45) is 1.04. The average Bonchev–Trinajstić information content (AvgIpc) is 2.44. The van der Waals surface area contributed by atoms with Crippen molar-refractivity contribution in [1.82, 2.24) is 9.80 Å². The van der Waals surface area contributed by atoms with Crippen molar-refractivity contribution in [3.05, 3.63) is 0 Å². The molecule has 0 spiro atoms. The van der Waals surface area contributed by atoms with Crippen LogP contribution in [0.15, 0.2) is 0 Å². The van der Waals surface area contributed by atoms with Gasteiger partial charge in [0.1, 0.15) is 0 Å². The molecule has 1 saturated heterocycles. The van der Waals surface area contributed by atoms with Gasteiger partial charge in [0.05, 0.1) is 12.0 Å². The summed E-state index contributed by atoms with van der Waals surface area (Å²) in [5, 5.41) is 18.0. The number of carboxylic acids is 1. The molecule has 5 nitrogen and oxygen atoms in total. The summed E-state index contributed by atoms with van der Waals surface area (Å²) in [5.41, 5.74) is -0.688. The van der Waals surface area contributed by atoms with Crippen molar-refractivity contribution in [2.45, 2.75) is 20.3 Å². The Morgan fingerprint density at radius 3 is 2.35 bits per heavy atom. The minimum Gasteiger partial charge on any atom is -0.481 e. The first-order valence-electron chi connectivity index (χ1n) is 6.24. The Labute approximate surface area is 103 Å². The molecule has 0 radical (unpaired) electrons. The summed E-state index contributed by atoms with van der Waals surface area (Å²) in [6.45, 7) is 8.78. The lowest BCUT2D eigenvalue weighted by molar-refractivity contribution is -0.147. The van der Waals surface area contributed by atoms with Gasteiger partial charge in [0.25, 0.3) is 0 Å². The summed E-state index contributed by atoms with van der Waals surface area (Å²) in [6, 6.07) is 0. The molecule has 0 unspecified atom stereocenters. The summed E-state index contributed by atoms with van der Waals surface area (Å²) in [4.78, 5) is 15.5. The van der Waals surface area contributed by atoms with Gasteiger partial charge in [-0.1, -0.05) is 0 Å². The van der Waals surface area contributed by atoms with Crippen LogP contribution in [0.1, 0.15) is 20.3 Å². The van der Waals surface area contributed by atoms with E-state index in [0.717, 1.165) is 39.1 Å². The predicted molar refractivity (Wildman–Crippen MR) is 66.0 cm³/mol. The number of rotatable bonds is 5. The summed E-state index contributed by atoms with van der Waals surface area (Å²) < 4.78 is 0. The Bertz CT molecular complexity index is 256. The van der Waals surface area contributed by atoms with E-state index in [2.05, 4.69) is 9.80 Å². The minimum absolute atomic E-state index is 0.195. The zero-order valence-corrected chi connectivity index (χ0v) is 10.9. The first-order valence-corrected chi connectivity index (χ1v) is 6.24. The molecule has 0 amide bonds. The van der Waals surface area contributed by atoms with Crippen LogP contribution in [0, 0.1) is 5.41 Å². The first kappa shape index (κ1) is 14.4. The largest absolute Gasteiger partial charge is 0.481 e. The van der Waals surface area contributed by atoms with Gasteiger partial charge in [0.2, 0.25) is 0 Å². The number of hydrogen-bond acceptors (Lipinski definition) is 4. The van der Waals surface area contributed by atoms with Crippen LogP contribution in [0.3, 0.4) is 0 Å². The summed E-state index contributed by atoms with van der Waals surface area (Å²) >= 11 is 0. The molecule has 1 aliphatic heterocycles. The van der Waals surface area contributed by atoms with E-state index in [0.29, 0.717) is 6.54 Å². The smallest absolute Gasteiger partial charge is 0.310 e. The molecule has 0 aliphatic carbocycles. The van der Waals surface area contributed by atoms with Gasteiger partial charge in [-0.3, -0.25) is 9.69 Å². The van der Waals surface area contributed by atoms with E-state index in [4.69, 9.17) is 10.2 Å². The number of aliphatic carboxylic acids is 1. The molecule has 1 heterocycles. The highest BCUT2D eigenvalue weighted by atomic mass is 16.4. The number of carbonyl (C=O) groups is 1. The molecule has 0 aromatic rings. The molecule has 100 valence electrons. The summed E-state index contributed by atoms with van der Waals surface area (Å²) in [7, 11) is 0. The topological polar surface area (TPSA) is 64.0 Å². The standard InChI is InChI=1S/C12H24N2O3/c1-12(2,11(16)17)10-14-5-3-4-13(6-7-14)8-9-15/h15H,3-10H2,1-2H3,(H,16,17). The van der Waals surface area contributed by atoms with Crippen molar-refractivity contribution in [2.75, 3.05) is 45.9 Å². The maximum atomic E-state index is 11.1. The third kappa shape index (κ3) is 4.61. The van der Waals surface area contributed by atoms with Gasteiger partial charge in [0.15, 0.2) is 0 Å². The van der Waals surface area contributed by atoms with Gasteiger partial charge < -0.3 is 15.1 Å². The maximum Gasteiger partial charge on any atom is 0.310 e. The van der Waals surface area contributed by atoms with Gasteiger partial charge in [-0.05, 0) is 33.4 Å². The van der Waals surface area contributed by atoms with E-state index < -0.39 is 11.4 Å². The lowest BCUT2D eigenvalue weighted by atomic mass is 9.93. The van der Waals surface area contributed by atoms with E-state index in [1.807, 2.05) is 0 Å². The molecule has 5 heteroatoms. The van der Waals surface area contributed by atoms with Crippen LogP contribution >= 0.6 is 0 Å². The maximum absolute atomic E-state index is 11.1. The minimum atomic E-state index is -0.742. The number of nitrogens with zero attached hydrogens (tertiary/aromatic N) is 2. The highest BCUT2D eigenvalue weighted by molar-refractivity contribution is 5.73. The fourth-order valence-electron chi connectivity index (χ4n) is 2.17. The molecule has 0 saturated carbocycles. The van der Waals surface area contributed by atoms with Crippen LogP contribution < -0.4 is 0 Å². The fraction of sp³-hybridized carbons (Fsp3) is 0.917. The second-order valence-electron chi connectivity index (χ2n) is 5.38. The predicted octanol–water partition coefficient (Wildman–Crippen LogP) is 0.0972. The molecule has 2 N–H and O–H groups in total. The number of β-amino-alcohol motifs (C(OH)–C–C–N with tert-alkyl or cyclic N) is 1. The van der Waals surface area contributed by atoms with Crippen molar-refractivity contribution < 1.29 is 15.0 Å². The molecule has 1 rings (SSSR count). The lowest BCUT2D eigenvalue weighted by Gasteiger charge is -2.28. The van der Waals surface area contributed by atoms with Gasteiger partial charge in [-0.15, -0.1) is 0 Å². The van der Waals surface area contributed by atoms with Gasteiger partial charge >= 0.3 is 5.97 Å². The zero-order chi connectivity index (χ0) is 12.9. The van der Waals surface area contributed by atoms with Gasteiger partial charge in [-0.25, -0.2) is 0 Å². The van der Waals surface area contributed by atoms with E-state index >= 15 is 0 Å². The first-order chi connectivity index (χ1) is 7.95. The molecular formula is C12H24N2O3.